The first-order valence-electron chi connectivity index (χ1n) is 4.44. The van der Waals surface area contributed by atoms with Crippen LogP contribution in [0, 0.1) is 0 Å². The highest BCUT2D eigenvalue weighted by Crippen LogP contribution is 2.27. The zero-order chi connectivity index (χ0) is 11.5. The van der Waals surface area contributed by atoms with Gasteiger partial charge < -0.3 is 5.32 Å². The first-order valence-corrected chi connectivity index (χ1v) is 6.05. The molecule has 0 aromatic carbocycles. The summed E-state index contributed by atoms with van der Waals surface area (Å²) in [7, 11) is 0. The Morgan fingerprint density at radius 2 is 2.13 bits per heavy atom. The second-order valence-electron chi connectivity index (χ2n) is 3.18. The highest BCUT2D eigenvalue weighted by Gasteiger charge is 2.26. The second kappa shape index (κ2) is 5.32. The van der Waals surface area contributed by atoms with Gasteiger partial charge in [-0.3, -0.25) is 0 Å². The molecule has 0 saturated carbocycles. The monoisotopic (exact) mass is 301 g/mol. The Hall–Kier alpha value is -0.0700. The Morgan fingerprint density at radius 3 is 2.60 bits per heavy atom. The normalized spacial score (nSPS) is 14.2. The Balaban J connectivity index is 2.34. The van der Waals surface area contributed by atoms with E-state index in [2.05, 4.69) is 21.2 Å². The van der Waals surface area contributed by atoms with E-state index in [4.69, 9.17) is 0 Å². The summed E-state index contributed by atoms with van der Waals surface area (Å²) in [5.41, 5.74) is 0. The summed E-state index contributed by atoms with van der Waals surface area (Å²) >= 11 is 4.84. The minimum atomic E-state index is -4.08. The molecule has 0 aliphatic carbocycles. The van der Waals surface area contributed by atoms with Gasteiger partial charge in [0.25, 0.3) is 0 Å². The Bertz CT molecular complexity index is 311. The molecule has 1 aromatic rings. The van der Waals surface area contributed by atoms with Crippen LogP contribution in [0.2, 0.25) is 0 Å². The maximum absolute atomic E-state index is 11.9. The minimum Gasteiger partial charge on any atom is -0.309 e. The van der Waals surface area contributed by atoms with Crippen molar-refractivity contribution in [3.63, 3.8) is 0 Å². The van der Waals surface area contributed by atoms with Gasteiger partial charge in [0.15, 0.2) is 0 Å². The van der Waals surface area contributed by atoms with Gasteiger partial charge in [0.2, 0.25) is 0 Å². The lowest BCUT2D eigenvalue weighted by molar-refractivity contribution is -0.133. The first-order chi connectivity index (χ1) is 6.88. The Labute approximate surface area is 98.8 Å². The van der Waals surface area contributed by atoms with E-state index in [1.807, 2.05) is 19.1 Å². The van der Waals surface area contributed by atoms with Crippen LogP contribution in [-0.4, -0.2) is 12.7 Å². The average molecular weight is 302 g/mol. The molecule has 1 heterocycles. The van der Waals surface area contributed by atoms with Crippen molar-refractivity contribution in [3.8, 4) is 0 Å². The molecule has 0 bridgehead atoms. The van der Waals surface area contributed by atoms with Gasteiger partial charge in [-0.05, 0) is 35.0 Å². The number of alkyl halides is 3. The molecule has 0 spiro atoms. The SMILES string of the molecule is CC(NCCC(F)(F)F)c1ccc(Br)s1. The van der Waals surface area contributed by atoms with E-state index in [1.54, 1.807) is 0 Å². The van der Waals surface area contributed by atoms with Crippen LogP contribution in [0.1, 0.15) is 24.3 Å². The van der Waals surface area contributed by atoms with Gasteiger partial charge >= 0.3 is 6.18 Å². The topological polar surface area (TPSA) is 12.0 Å². The van der Waals surface area contributed by atoms with Crippen LogP contribution < -0.4 is 5.32 Å². The van der Waals surface area contributed by atoms with Gasteiger partial charge in [-0.1, -0.05) is 0 Å². The number of halogens is 4. The molecule has 6 heteroatoms. The van der Waals surface area contributed by atoms with Crippen LogP contribution in [0.4, 0.5) is 13.2 Å². The smallest absolute Gasteiger partial charge is 0.309 e. The fraction of sp³-hybridized carbons (Fsp3) is 0.556. The van der Waals surface area contributed by atoms with E-state index >= 15 is 0 Å². The van der Waals surface area contributed by atoms with E-state index in [0.717, 1.165) is 8.66 Å². The van der Waals surface area contributed by atoms with Crippen molar-refractivity contribution in [1.82, 2.24) is 5.32 Å². The Morgan fingerprint density at radius 1 is 1.47 bits per heavy atom. The van der Waals surface area contributed by atoms with E-state index in [1.165, 1.54) is 11.3 Å². The highest BCUT2D eigenvalue weighted by molar-refractivity contribution is 9.11. The van der Waals surface area contributed by atoms with Crippen molar-refractivity contribution in [3.05, 3.63) is 20.8 Å². The standard InChI is InChI=1S/C9H11BrF3NS/c1-6(7-2-3-8(10)15-7)14-5-4-9(11,12)13/h2-3,6,14H,4-5H2,1H3. The molecule has 0 aliphatic rings. The van der Waals surface area contributed by atoms with Gasteiger partial charge in [-0.15, -0.1) is 11.3 Å². The van der Waals surface area contributed by atoms with Crippen molar-refractivity contribution >= 4 is 27.3 Å². The molecule has 1 aromatic heterocycles. The van der Waals surface area contributed by atoms with Crippen LogP contribution in [0.15, 0.2) is 15.9 Å². The van der Waals surface area contributed by atoms with Crippen molar-refractivity contribution in [1.29, 1.82) is 0 Å². The average Bonchev–Trinajstić information content (AvgIpc) is 2.49. The van der Waals surface area contributed by atoms with Gasteiger partial charge in [0.05, 0.1) is 10.2 Å². The molecule has 1 atom stereocenters. The lowest BCUT2D eigenvalue weighted by atomic mass is 10.2. The molecular formula is C9H11BrF3NS. The zero-order valence-corrected chi connectivity index (χ0v) is 10.5. The zero-order valence-electron chi connectivity index (χ0n) is 8.07. The number of rotatable bonds is 4. The van der Waals surface area contributed by atoms with Crippen LogP contribution in [0.5, 0.6) is 0 Å². The lowest BCUT2D eigenvalue weighted by Crippen LogP contribution is -2.23. The summed E-state index contributed by atoms with van der Waals surface area (Å²) in [6, 6.07) is 3.76. The van der Waals surface area contributed by atoms with Crippen molar-refractivity contribution < 1.29 is 13.2 Å². The molecule has 1 unspecified atom stereocenters. The van der Waals surface area contributed by atoms with Crippen LogP contribution in [0.25, 0.3) is 0 Å². The van der Waals surface area contributed by atoms with Gasteiger partial charge in [-0.25, -0.2) is 0 Å². The third kappa shape index (κ3) is 4.99. The third-order valence-electron chi connectivity index (χ3n) is 1.88. The largest absolute Gasteiger partial charge is 0.390 e. The fourth-order valence-electron chi connectivity index (χ4n) is 1.09. The van der Waals surface area contributed by atoms with Crippen LogP contribution >= 0.6 is 27.3 Å². The van der Waals surface area contributed by atoms with Crippen molar-refractivity contribution in [2.75, 3.05) is 6.54 Å². The molecule has 1 nitrogen and oxygen atoms in total. The fourth-order valence-corrected chi connectivity index (χ4v) is 2.54. The van der Waals surface area contributed by atoms with Gasteiger partial charge in [0.1, 0.15) is 0 Å². The predicted octanol–water partition coefficient (Wildman–Crippen LogP) is 4.11. The molecule has 0 aliphatic heterocycles. The predicted molar refractivity (Wildman–Crippen MR) is 59.1 cm³/mol. The van der Waals surface area contributed by atoms with Crippen molar-refractivity contribution in [2.24, 2.45) is 0 Å². The number of nitrogens with one attached hydrogen (secondary N) is 1. The van der Waals surface area contributed by atoms with Gasteiger partial charge in [-0.2, -0.15) is 13.2 Å². The van der Waals surface area contributed by atoms with E-state index < -0.39 is 12.6 Å². The number of thiophene rings is 1. The molecule has 0 fully saturated rings. The number of hydrogen-bond acceptors (Lipinski definition) is 2. The van der Waals surface area contributed by atoms with Crippen LogP contribution in [0.3, 0.4) is 0 Å². The van der Waals surface area contributed by atoms with Gasteiger partial charge in [0, 0.05) is 17.5 Å². The molecule has 86 valence electrons. The molecule has 0 saturated heterocycles. The Kier molecular flexibility index (Phi) is 4.61. The maximum Gasteiger partial charge on any atom is 0.390 e. The lowest BCUT2D eigenvalue weighted by Gasteiger charge is -2.12. The van der Waals surface area contributed by atoms with Crippen LogP contribution in [-0.2, 0) is 0 Å². The summed E-state index contributed by atoms with van der Waals surface area (Å²) in [5, 5.41) is 2.84. The summed E-state index contributed by atoms with van der Waals surface area (Å²) in [6.45, 7) is 1.81. The summed E-state index contributed by atoms with van der Waals surface area (Å²) in [6.07, 6.45) is -4.87. The van der Waals surface area contributed by atoms with E-state index in [9.17, 15) is 13.2 Å². The highest BCUT2D eigenvalue weighted by atomic mass is 79.9. The van der Waals surface area contributed by atoms with Crippen molar-refractivity contribution in [2.45, 2.75) is 25.6 Å². The molecule has 0 amide bonds. The summed E-state index contributed by atoms with van der Waals surface area (Å²) < 4.78 is 36.6. The third-order valence-corrected chi connectivity index (χ3v) is 3.69. The summed E-state index contributed by atoms with van der Waals surface area (Å²) in [4.78, 5) is 1.03. The minimum absolute atomic E-state index is 0.0383. The quantitative estimate of drug-likeness (QED) is 0.882. The number of hydrogen-bond donors (Lipinski definition) is 1. The molecule has 1 rings (SSSR count). The second-order valence-corrected chi connectivity index (χ2v) is 5.68. The van der Waals surface area contributed by atoms with E-state index in [-0.39, 0.29) is 12.6 Å². The first kappa shape index (κ1) is 13.0. The molecule has 0 radical (unpaired) electrons. The summed E-state index contributed by atoms with van der Waals surface area (Å²) in [5.74, 6) is 0. The maximum atomic E-state index is 11.9. The van der Waals surface area contributed by atoms with E-state index in [0.29, 0.717) is 0 Å². The molecular weight excluding hydrogens is 291 g/mol. The molecule has 1 N–H and O–H groups in total. The molecule has 15 heavy (non-hydrogen) atoms.